The molecule has 12 heteroatoms. The van der Waals surface area contributed by atoms with E-state index in [4.69, 9.17) is 4.99 Å². The van der Waals surface area contributed by atoms with Crippen molar-refractivity contribution in [3.63, 3.8) is 0 Å². The molecule has 1 aromatic heterocycles. The van der Waals surface area contributed by atoms with Gasteiger partial charge in [-0.1, -0.05) is 0 Å². The lowest BCUT2D eigenvalue weighted by molar-refractivity contribution is -0.0274. The lowest BCUT2D eigenvalue weighted by atomic mass is 9.84. The number of amides is 1. The fourth-order valence-corrected chi connectivity index (χ4v) is 7.57. The van der Waals surface area contributed by atoms with Gasteiger partial charge in [0.15, 0.2) is 0 Å². The average molecular weight is 525 g/mol. The van der Waals surface area contributed by atoms with Gasteiger partial charge in [-0.05, 0) is 45.0 Å². The number of likely N-dealkylation sites (N-methyl/N-ethyl adjacent to an activating group) is 1. The Morgan fingerprint density at radius 1 is 1.16 bits per heavy atom. The van der Waals surface area contributed by atoms with Crippen molar-refractivity contribution in [2.45, 2.75) is 48.3 Å². The number of carbonyl (C=O) groups is 1. The van der Waals surface area contributed by atoms with Crippen LogP contribution in [0.5, 0.6) is 0 Å². The van der Waals surface area contributed by atoms with Crippen molar-refractivity contribution in [2.24, 2.45) is 12.0 Å². The zero-order chi connectivity index (χ0) is 25.7. The molecule has 7 rings (SSSR count). The van der Waals surface area contributed by atoms with Gasteiger partial charge in [-0.15, -0.1) is 0 Å². The van der Waals surface area contributed by atoms with Gasteiger partial charge in [-0.3, -0.25) is 19.3 Å². The summed E-state index contributed by atoms with van der Waals surface area (Å²) >= 11 is 0. The summed E-state index contributed by atoms with van der Waals surface area (Å²) in [6.07, 6.45) is 5.27. The molecular weight excluding hydrogens is 492 g/mol. The topological polar surface area (TPSA) is 106 Å². The number of nitrogens with zero attached hydrogens (tertiary/aromatic N) is 7. The van der Waals surface area contributed by atoms with Gasteiger partial charge in [0, 0.05) is 56.6 Å². The SMILES string of the molecule is CN1CC(N2CC3(CN=C4N(Cc5cnn(C)c5)C(=O)c5cc(S(=O)(=O)NC6(C)CC6)ccc5N43)C2)C1. The first-order chi connectivity index (χ1) is 17.6. The van der Waals surface area contributed by atoms with Crippen LogP contribution in [0, 0.1) is 0 Å². The number of fused-ring (bicyclic) bond motifs is 4. The zero-order valence-electron chi connectivity index (χ0n) is 21.4. The minimum atomic E-state index is -3.74. The molecule has 3 fully saturated rings. The van der Waals surface area contributed by atoms with E-state index < -0.39 is 15.6 Å². The Labute approximate surface area is 216 Å². The van der Waals surface area contributed by atoms with Gasteiger partial charge in [0.05, 0.1) is 41.0 Å². The normalized spacial score (nSPS) is 24.5. The number of aryl methyl sites for hydroxylation is 1. The summed E-state index contributed by atoms with van der Waals surface area (Å²) < 4.78 is 30.9. The standard InChI is InChI=1S/C25H32N8O3S/c1-24(6-7-24)28-37(35,36)19-4-5-21-20(8-19)22(34)32(11-17-9-27-30(3)10-17)23-26-14-25(33(21)23)15-31(16-25)18-12-29(2)13-18/h4-5,8-10,18,28H,6-7,11-16H2,1-3H3. The van der Waals surface area contributed by atoms with Crippen LogP contribution in [-0.4, -0.2) is 102 Å². The molecule has 1 saturated carbocycles. The zero-order valence-corrected chi connectivity index (χ0v) is 22.2. The number of benzene rings is 1. The van der Waals surface area contributed by atoms with Gasteiger partial charge < -0.3 is 9.80 Å². The van der Waals surface area contributed by atoms with E-state index in [0.29, 0.717) is 30.7 Å². The third kappa shape index (κ3) is 3.64. The van der Waals surface area contributed by atoms with Crippen molar-refractivity contribution in [3.8, 4) is 0 Å². The molecule has 196 valence electrons. The van der Waals surface area contributed by atoms with Crippen molar-refractivity contribution in [1.29, 1.82) is 0 Å². The van der Waals surface area contributed by atoms with Crippen molar-refractivity contribution in [1.82, 2.24) is 29.2 Å². The van der Waals surface area contributed by atoms with E-state index in [1.165, 1.54) is 0 Å². The third-order valence-electron chi connectivity index (χ3n) is 8.46. The second kappa shape index (κ2) is 7.62. The molecule has 2 saturated heterocycles. The Morgan fingerprint density at radius 2 is 1.92 bits per heavy atom. The average Bonchev–Trinajstić information content (AvgIpc) is 3.19. The van der Waals surface area contributed by atoms with Gasteiger partial charge >= 0.3 is 0 Å². The maximum Gasteiger partial charge on any atom is 0.263 e. The third-order valence-corrected chi connectivity index (χ3v) is 10.1. The van der Waals surface area contributed by atoms with Crippen LogP contribution in [0.1, 0.15) is 35.7 Å². The van der Waals surface area contributed by atoms with Crippen LogP contribution in [0.15, 0.2) is 40.5 Å². The van der Waals surface area contributed by atoms with E-state index in [-0.39, 0.29) is 16.3 Å². The van der Waals surface area contributed by atoms with E-state index >= 15 is 0 Å². The molecule has 4 aliphatic heterocycles. The van der Waals surface area contributed by atoms with Gasteiger partial charge in [0.25, 0.3) is 5.91 Å². The molecule has 5 heterocycles. The van der Waals surface area contributed by atoms with Gasteiger partial charge in [-0.25, -0.2) is 18.1 Å². The Bertz CT molecular complexity index is 1430. The molecule has 37 heavy (non-hydrogen) atoms. The van der Waals surface area contributed by atoms with Gasteiger partial charge in [0.1, 0.15) is 0 Å². The van der Waals surface area contributed by atoms with Crippen molar-refractivity contribution < 1.29 is 13.2 Å². The summed E-state index contributed by atoms with van der Waals surface area (Å²) in [6.45, 7) is 6.71. The first-order valence-electron chi connectivity index (χ1n) is 12.8. The molecule has 1 spiro atoms. The number of sulfonamides is 1. The number of aliphatic imine (C=N–C) groups is 1. The predicted octanol–water partition coefficient (Wildman–Crippen LogP) is 0.451. The first-order valence-corrected chi connectivity index (χ1v) is 14.3. The molecule has 0 unspecified atom stereocenters. The van der Waals surface area contributed by atoms with Crippen molar-refractivity contribution in [2.75, 3.05) is 44.7 Å². The number of hydrogen-bond acceptors (Lipinski definition) is 8. The monoisotopic (exact) mass is 524 g/mol. The molecule has 1 aliphatic carbocycles. The van der Waals surface area contributed by atoms with E-state index in [1.807, 2.05) is 20.2 Å². The second-order valence-electron chi connectivity index (χ2n) is 11.7. The molecule has 0 radical (unpaired) electrons. The molecule has 1 amide bonds. The molecular formula is C25H32N8O3S. The van der Waals surface area contributed by atoms with E-state index in [1.54, 1.807) is 34.0 Å². The van der Waals surface area contributed by atoms with Gasteiger partial charge in [0.2, 0.25) is 16.0 Å². The molecule has 0 bridgehead atoms. The van der Waals surface area contributed by atoms with Gasteiger partial charge in [-0.2, -0.15) is 5.10 Å². The number of aromatic nitrogens is 2. The largest absolute Gasteiger partial charge is 0.303 e. The number of guanidine groups is 1. The second-order valence-corrected chi connectivity index (χ2v) is 13.4. The van der Waals surface area contributed by atoms with Crippen molar-refractivity contribution in [3.05, 3.63) is 41.7 Å². The van der Waals surface area contributed by atoms with Crippen molar-refractivity contribution >= 4 is 27.6 Å². The highest BCUT2D eigenvalue weighted by molar-refractivity contribution is 7.89. The van der Waals surface area contributed by atoms with E-state index in [9.17, 15) is 13.2 Å². The van der Waals surface area contributed by atoms with E-state index in [2.05, 4.69) is 31.6 Å². The molecule has 5 aliphatic rings. The maximum atomic E-state index is 13.9. The summed E-state index contributed by atoms with van der Waals surface area (Å²) in [6, 6.07) is 5.51. The summed E-state index contributed by atoms with van der Waals surface area (Å²) in [4.78, 5) is 27.6. The highest BCUT2D eigenvalue weighted by Gasteiger charge is 2.58. The number of nitrogens with one attached hydrogen (secondary N) is 1. The number of hydrogen-bond donors (Lipinski definition) is 1. The first kappa shape index (κ1) is 23.3. The van der Waals surface area contributed by atoms with Crippen LogP contribution in [0.2, 0.25) is 0 Å². The highest BCUT2D eigenvalue weighted by atomic mass is 32.2. The smallest absolute Gasteiger partial charge is 0.263 e. The van der Waals surface area contributed by atoms with Crippen LogP contribution in [0.25, 0.3) is 0 Å². The van der Waals surface area contributed by atoms with Crippen LogP contribution < -0.4 is 9.62 Å². The highest BCUT2D eigenvalue weighted by Crippen LogP contribution is 2.44. The molecule has 1 aromatic carbocycles. The van der Waals surface area contributed by atoms with E-state index in [0.717, 1.165) is 50.3 Å². The Hall–Kier alpha value is -2.80. The minimum Gasteiger partial charge on any atom is -0.303 e. The summed E-state index contributed by atoms with van der Waals surface area (Å²) in [5.74, 6) is 0.406. The number of carbonyl (C=O) groups excluding carboxylic acids is 1. The minimum absolute atomic E-state index is 0.121. The fraction of sp³-hybridized carbons (Fsp3) is 0.560. The van der Waals surface area contributed by atoms with Crippen LogP contribution in [0.4, 0.5) is 5.69 Å². The number of anilines is 1. The number of rotatable bonds is 6. The quantitative estimate of drug-likeness (QED) is 0.585. The lowest BCUT2D eigenvalue weighted by Crippen LogP contribution is -2.77. The van der Waals surface area contributed by atoms with Crippen LogP contribution >= 0.6 is 0 Å². The number of likely N-dealkylation sites (tertiary alicyclic amines) is 2. The summed E-state index contributed by atoms with van der Waals surface area (Å²) in [7, 11) is 0.234. The van der Waals surface area contributed by atoms with Crippen LogP contribution in [-0.2, 0) is 23.6 Å². The molecule has 1 N–H and O–H groups in total. The molecule has 0 atom stereocenters. The maximum absolute atomic E-state index is 13.9. The summed E-state index contributed by atoms with van der Waals surface area (Å²) in [5, 5.41) is 4.26. The molecule has 2 aromatic rings. The Kier molecular flexibility index (Phi) is 4.81. The molecule has 11 nitrogen and oxygen atoms in total. The Balaban J connectivity index is 1.26. The Morgan fingerprint density at radius 3 is 2.57 bits per heavy atom. The summed E-state index contributed by atoms with van der Waals surface area (Å²) in [5.41, 5.74) is 1.41. The fourth-order valence-electron chi connectivity index (χ4n) is 6.08. The lowest BCUT2D eigenvalue weighted by Gasteiger charge is -2.59. The van der Waals surface area contributed by atoms with Crippen LogP contribution in [0.3, 0.4) is 0 Å². The predicted molar refractivity (Wildman–Crippen MR) is 138 cm³/mol.